The summed E-state index contributed by atoms with van der Waals surface area (Å²) in [5.41, 5.74) is 0.514. The van der Waals surface area contributed by atoms with Crippen LogP contribution in [0.15, 0.2) is 29.2 Å². The molecule has 0 saturated heterocycles. The minimum Gasteiger partial charge on any atom is -0.460 e. The minimum atomic E-state index is -3.75. The third kappa shape index (κ3) is 8.81. The number of ether oxygens (including phenoxy) is 1. The molecule has 0 spiro atoms. The van der Waals surface area contributed by atoms with E-state index in [4.69, 9.17) is 8.92 Å². The van der Waals surface area contributed by atoms with E-state index in [-0.39, 0.29) is 23.4 Å². The van der Waals surface area contributed by atoms with Crippen molar-refractivity contribution < 1.29 is 22.1 Å². The summed E-state index contributed by atoms with van der Waals surface area (Å²) in [6.45, 7) is 9.62. The van der Waals surface area contributed by atoms with Crippen LogP contribution in [-0.2, 0) is 23.8 Å². The lowest BCUT2D eigenvalue weighted by atomic mass is 9.98. The standard InChI is InChI=1S/C20H32O5S/c1-6-8-17(9-7-10-19(21)25-20(3,4)5)15-24-26(22,23)18-13-11-16(2)12-14-18/h11-14,17H,6-10,15H2,1-5H3. The van der Waals surface area contributed by atoms with Gasteiger partial charge in [-0.05, 0) is 65.0 Å². The number of esters is 1. The number of hydrogen-bond donors (Lipinski definition) is 0. The van der Waals surface area contributed by atoms with Crippen LogP contribution in [0.2, 0.25) is 0 Å². The van der Waals surface area contributed by atoms with Crippen molar-refractivity contribution in [3.8, 4) is 0 Å². The highest BCUT2D eigenvalue weighted by Crippen LogP contribution is 2.20. The first kappa shape index (κ1) is 22.6. The predicted octanol–water partition coefficient (Wildman–Crippen LogP) is 4.63. The zero-order chi connectivity index (χ0) is 19.8. The summed E-state index contributed by atoms with van der Waals surface area (Å²) in [6.07, 6.45) is 3.52. The third-order valence-corrected chi connectivity index (χ3v) is 5.17. The van der Waals surface area contributed by atoms with Gasteiger partial charge in [-0.1, -0.05) is 31.0 Å². The van der Waals surface area contributed by atoms with Gasteiger partial charge >= 0.3 is 5.97 Å². The van der Waals surface area contributed by atoms with Crippen LogP contribution in [0, 0.1) is 12.8 Å². The molecule has 0 heterocycles. The summed E-state index contributed by atoms with van der Waals surface area (Å²) in [5, 5.41) is 0. The summed E-state index contributed by atoms with van der Waals surface area (Å²) in [6, 6.07) is 6.62. The molecule has 1 aromatic carbocycles. The van der Waals surface area contributed by atoms with E-state index >= 15 is 0 Å². The fourth-order valence-electron chi connectivity index (χ4n) is 2.61. The number of benzene rings is 1. The van der Waals surface area contributed by atoms with Gasteiger partial charge in [-0.2, -0.15) is 8.42 Å². The molecular weight excluding hydrogens is 352 g/mol. The average Bonchev–Trinajstić information content (AvgIpc) is 2.51. The van der Waals surface area contributed by atoms with E-state index in [0.717, 1.165) is 24.8 Å². The second-order valence-corrected chi connectivity index (χ2v) is 9.30. The van der Waals surface area contributed by atoms with Crippen LogP contribution in [-0.4, -0.2) is 26.6 Å². The number of rotatable bonds is 10. The molecule has 0 aliphatic rings. The van der Waals surface area contributed by atoms with Crippen LogP contribution < -0.4 is 0 Å². The molecule has 1 aromatic rings. The molecule has 0 saturated carbocycles. The highest BCUT2D eigenvalue weighted by molar-refractivity contribution is 7.86. The molecule has 0 aliphatic heterocycles. The smallest absolute Gasteiger partial charge is 0.306 e. The Morgan fingerprint density at radius 3 is 2.27 bits per heavy atom. The lowest BCUT2D eigenvalue weighted by Gasteiger charge is -2.20. The Hall–Kier alpha value is -1.40. The lowest BCUT2D eigenvalue weighted by Crippen LogP contribution is -2.23. The van der Waals surface area contributed by atoms with E-state index in [1.54, 1.807) is 24.3 Å². The lowest BCUT2D eigenvalue weighted by molar-refractivity contribution is -0.155. The fraction of sp³-hybridized carbons (Fsp3) is 0.650. The van der Waals surface area contributed by atoms with Gasteiger partial charge in [0.25, 0.3) is 10.1 Å². The molecule has 0 radical (unpaired) electrons. The minimum absolute atomic E-state index is 0.0997. The van der Waals surface area contributed by atoms with E-state index in [0.29, 0.717) is 12.8 Å². The largest absolute Gasteiger partial charge is 0.460 e. The first-order chi connectivity index (χ1) is 12.0. The number of hydrogen-bond acceptors (Lipinski definition) is 5. The van der Waals surface area contributed by atoms with Gasteiger partial charge in [0.2, 0.25) is 0 Å². The van der Waals surface area contributed by atoms with Gasteiger partial charge in [0.05, 0.1) is 11.5 Å². The molecular formula is C20H32O5S. The summed E-state index contributed by atoms with van der Waals surface area (Å²) in [7, 11) is -3.75. The molecule has 148 valence electrons. The molecule has 0 aromatic heterocycles. The molecule has 0 bridgehead atoms. The van der Waals surface area contributed by atoms with Crippen molar-refractivity contribution in [2.75, 3.05) is 6.61 Å². The molecule has 6 heteroatoms. The topological polar surface area (TPSA) is 69.7 Å². The molecule has 26 heavy (non-hydrogen) atoms. The highest BCUT2D eigenvalue weighted by atomic mass is 32.2. The first-order valence-electron chi connectivity index (χ1n) is 9.21. The summed E-state index contributed by atoms with van der Waals surface area (Å²) in [4.78, 5) is 12.0. The quantitative estimate of drug-likeness (QED) is 0.434. The Bertz CT molecular complexity index is 656. The molecule has 0 amide bonds. The van der Waals surface area contributed by atoms with Crippen molar-refractivity contribution in [3.63, 3.8) is 0 Å². The van der Waals surface area contributed by atoms with E-state index in [1.807, 2.05) is 27.7 Å². The molecule has 1 atom stereocenters. The van der Waals surface area contributed by atoms with Gasteiger partial charge in [0.1, 0.15) is 5.60 Å². The third-order valence-electron chi connectivity index (χ3n) is 3.88. The Morgan fingerprint density at radius 1 is 1.12 bits per heavy atom. The van der Waals surface area contributed by atoms with Crippen molar-refractivity contribution in [1.29, 1.82) is 0 Å². The van der Waals surface area contributed by atoms with E-state index in [9.17, 15) is 13.2 Å². The van der Waals surface area contributed by atoms with E-state index in [2.05, 4.69) is 6.92 Å². The van der Waals surface area contributed by atoms with Crippen LogP contribution in [0.1, 0.15) is 65.4 Å². The maximum atomic E-state index is 12.3. The maximum Gasteiger partial charge on any atom is 0.306 e. The molecule has 0 fully saturated rings. The van der Waals surface area contributed by atoms with Gasteiger partial charge in [0, 0.05) is 6.42 Å². The van der Waals surface area contributed by atoms with Crippen molar-refractivity contribution >= 4 is 16.1 Å². The van der Waals surface area contributed by atoms with E-state index in [1.165, 1.54) is 0 Å². The normalized spacial score (nSPS) is 13.4. The zero-order valence-corrected chi connectivity index (χ0v) is 17.4. The number of aryl methyl sites for hydroxylation is 1. The van der Waals surface area contributed by atoms with Crippen molar-refractivity contribution in [3.05, 3.63) is 29.8 Å². The highest BCUT2D eigenvalue weighted by Gasteiger charge is 2.20. The van der Waals surface area contributed by atoms with Crippen LogP contribution in [0.4, 0.5) is 0 Å². The van der Waals surface area contributed by atoms with Crippen LogP contribution in [0.5, 0.6) is 0 Å². The van der Waals surface area contributed by atoms with Crippen LogP contribution in [0.25, 0.3) is 0 Å². The Morgan fingerprint density at radius 2 is 1.73 bits per heavy atom. The average molecular weight is 385 g/mol. The second-order valence-electron chi connectivity index (χ2n) is 7.69. The van der Waals surface area contributed by atoms with Gasteiger partial charge in [0.15, 0.2) is 0 Å². The summed E-state index contributed by atoms with van der Waals surface area (Å²) >= 11 is 0. The summed E-state index contributed by atoms with van der Waals surface area (Å²) in [5.74, 6) is -0.122. The monoisotopic (exact) mass is 384 g/mol. The van der Waals surface area contributed by atoms with Crippen LogP contribution >= 0.6 is 0 Å². The number of carbonyl (C=O) groups is 1. The SMILES string of the molecule is CCCC(CCCC(=O)OC(C)(C)C)COS(=O)(=O)c1ccc(C)cc1. The molecule has 1 rings (SSSR count). The fourth-order valence-corrected chi connectivity index (χ4v) is 3.58. The Kier molecular flexibility index (Phi) is 8.77. The molecule has 1 unspecified atom stereocenters. The maximum absolute atomic E-state index is 12.3. The molecule has 5 nitrogen and oxygen atoms in total. The van der Waals surface area contributed by atoms with Gasteiger partial charge in [-0.15, -0.1) is 0 Å². The van der Waals surface area contributed by atoms with Crippen molar-refractivity contribution in [1.82, 2.24) is 0 Å². The number of carbonyl (C=O) groups excluding carboxylic acids is 1. The van der Waals surface area contributed by atoms with Gasteiger partial charge < -0.3 is 4.74 Å². The second kappa shape index (κ2) is 10.1. The Labute approximate surface area is 158 Å². The van der Waals surface area contributed by atoms with Crippen LogP contribution in [0.3, 0.4) is 0 Å². The van der Waals surface area contributed by atoms with Crippen molar-refractivity contribution in [2.45, 2.75) is 77.2 Å². The zero-order valence-electron chi connectivity index (χ0n) is 16.6. The predicted molar refractivity (Wildman–Crippen MR) is 102 cm³/mol. The Balaban J connectivity index is 2.52. The van der Waals surface area contributed by atoms with Gasteiger partial charge in [-0.3, -0.25) is 8.98 Å². The van der Waals surface area contributed by atoms with E-state index < -0.39 is 15.7 Å². The first-order valence-corrected chi connectivity index (χ1v) is 10.6. The molecule has 0 N–H and O–H groups in total. The molecule has 0 aliphatic carbocycles. The summed E-state index contributed by atoms with van der Waals surface area (Å²) < 4.78 is 35.1. The van der Waals surface area contributed by atoms with Crippen molar-refractivity contribution in [2.24, 2.45) is 5.92 Å². The van der Waals surface area contributed by atoms with Gasteiger partial charge in [-0.25, -0.2) is 0 Å².